The normalized spacial score (nSPS) is 17.1. The molecule has 0 aliphatic carbocycles. The van der Waals surface area contributed by atoms with Gasteiger partial charge in [-0.1, -0.05) is 11.6 Å². The van der Waals surface area contributed by atoms with E-state index in [4.69, 9.17) is 4.74 Å². The largest absolute Gasteiger partial charge is 0.480 e. The highest BCUT2D eigenvalue weighted by Crippen LogP contribution is 2.28. The van der Waals surface area contributed by atoms with Crippen molar-refractivity contribution in [2.24, 2.45) is 0 Å². The van der Waals surface area contributed by atoms with Crippen molar-refractivity contribution in [2.45, 2.75) is 18.2 Å². The maximum absolute atomic E-state index is 12.6. The number of aromatic nitrogens is 1. The van der Waals surface area contributed by atoms with Crippen molar-refractivity contribution in [2.75, 3.05) is 20.2 Å². The molecule has 0 fully saturated rings. The molecule has 0 atom stereocenters. The summed E-state index contributed by atoms with van der Waals surface area (Å²) in [6, 6.07) is 1.52. The van der Waals surface area contributed by atoms with Crippen LogP contribution in [0.2, 0.25) is 0 Å². The van der Waals surface area contributed by atoms with Crippen LogP contribution in [0.5, 0.6) is 5.88 Å². The smallest absolute Gasteiger partial charge is 0.248 e. The van der Waals surface area contributed by atoms with E-state index in [-0.39, 0.29) is 10.8 Å². The number of hydrogen-bond acceptors (Lipinski definition) is 4. The van der Waals surface area contributed by atoms with Crippen molar-refractivity contribution in [1.29, 1.82) is 0 Å². The lowest BCUT2D eigenvalue weighted by Crippen LogP contribution is -2.35. The van der Waals surface area contributed by atoms with Gasteiger partial charge in [-0.05, 0) is 35.3 Å². The molecule has 2 rings (SSSR count). The van der Waals surface area contributed by atoms with Crippen LogP contribution in [-0.4, -0.2) is 37.9 Å². The van der Waals surface area contributed by atoms with Crippen LogP contribution in [0, 0.1) is 0 Å². The second kappa shape index (κ2) is 5.60. The highest BCUT2D eigenvalue weighted by Gasteiger charge is 2.29. The highest BCUT2D eigenvalue weighted by molar-refractivity contribution is 9.10. The van der Waals surface area contributed by atoms with Crippen molar-refractivity contribution in [3.05, 3.63) is 28.4 Å². The molecule has 2 heterocycles. The molecule has 0 spiro atoms. The zero-order valence-corrected chi connectivity index (χ0v) is 13.2. The first-order valence-electron chi connectivity index (χ1n) is 5.80. The predicted octanol–water partition coefficient (Wildman–Crippen LogP) is 2.19. The molecule has 19 heavy (non-hydrogen) atoms. The third kappa shape index (κ3) is 2.98. The van der Waals surface area contributed by atoms with Crippen LogP contribution < -0.4 is 4.74 Å². The maximum atomic E-state index is 12.6. The van der Waals surface area contributed by atoms with Gasteiger partial charge in [0.1, 0.15) is 4.90 Å². The lowest BCUT2D eigenvalue weighted by atomic mass is 10.2. The van der Waals surface area contributed by atoms with E-state index in [9.17, 15) is 8.42 Å². The third-order valence-electron chi connectivity index (χ3n) is 2.89. The Morgan fingerprint density at radius 2 is 2.21 bits per heavy atom. The fourth-order valence-corrected chi connectivity index (χ4v) is 4.08. The lowest BCUT2D eigenvalue weighted by molar-refractivity contribution is 0.377. The van der Waals surface area contributed by atoms with Gasteiger partial charge in [-0.15, -0.1) is 0 Å². The summed E-state index contributed by atoms with van der Waals surface area (Å²) in [7, 11) is -2.17. The molecular formula is C12H15BrN2O3S. The van der Waals surface area contributed by atoms with Crippen LogP contribution in [0.25, 0.3) is 0 Å². The van der Waals surface area contributed by atoms with E-state index in [2.05, 4.69) is 27.0 Å². The molecule has 0 aromatic carbocycles. The van der Waals surface area contributed by atoms with E-state index >= 15 is 0 Å². The van der Waals surface area contributed by atoms with Gasteiger partial charge >= 0.3 is 0 Å². The Hall–Kier alpha value is -0.920. The zero-order chi connectivity index (χ0) is 14.0. The summed E-state index contributed by atoms with van der Waals surface area (Å²) >= 11 is 3.24. The molecule has 0 unspecified atom stereocenters. The second-order valence-corrected chi connectivity index (χ2v) is 7.16. The molecule has 0 saturated heterocycles. The SMILES string of the molecule is COc1ncc(Br)cc1S(=O)(=O)N1CCC=C(C)C1. The first-order valence-corrected chi connectivity index (χ1v) is 8.04. The quantitative estimate of drug-likeness (QED) is 0.787. The van der Waals surface area contributed by atoms with Gasteiger partial charge < -0.3 is 4.74 Å². The number of rotatable bonds is 3. The van der Waals surface area contributed by atoms with Gasteiger partial charge in [-0.2, -0.15) is 4.31 Å². The Morgan fingerprint density at radius 1 is 1.47 bits per heavy atom. The molecule has 1 aliphatic rings. The Morgan fingerprint density at radius 3 is 2.84 bits per heavy atom. The number of nitrogens with zero attached hydrogens (tertiary/aromatic N) is 2. The van der Waals surface area contributed by atoms with Crippen molar-refractivity contribution >= 4 is 26.0 Å². The summed E-state index contributed by atoms with van der Waals surface area (Å²) in [6.45, 7) is 2.82. The molecule has 104 valence electrons. The summed E-state index contributed by atoms with van der Waals surface area (Å²) in [5, 5.41) is 0. The maximum Gasteiger partial charge on any atom is 0.248 e. The van der Waals surface area contributed by atoms with Crippen LogP contribution in [0.1, 0.15) is 13.3 Å². The van der Waals surface area contributed by atoms with Crippen LogP contribution in [0.15, 0.2) is 33.3 Å². The summed E-state index contributed by atoms with van der Waals surface area (Å²) in [5.41, 5.74) is 1.05. The average molecular weight is 347 g/mol. The fourth-order valence-electron chi connectivity index (χ4n) is 1.97. The highest BCUT2D eigenvalue weighted by atomic mass is 79.9. The van der Waals surface area contributed by atoms with Crippen LogP contribution in [0.4, 0.5) is 0 Å². The molecule has 5 nitrogen and oxygen atoms in total. The summed E-state index contributed by atoms with van der Waals surface area (Å²) < 4.78 is 32.4. The number of ether oxygens (including phenoxy) is 1. The van der Waals surface area contributed by atoms with Gasteiger partial charge in [-0.25, -0.2) is 13.4 Å². The van der Waals surface area contributed by atoms with Gasteiger partial charge in [0, 0.05) is 23.8 Å². The summed E-state index contributed by atoms with van der Waals surface area (Å²) in [5.74, 6) is 0.121. The lowest BCUT2D eigenvalue weighted by Gasteiger charge is -2.25. The topological polar surface area (TPSA) is 59.5 Å². The molecule has 0 bridgehead atoms. The number of methoxy groups -OCH3 is 1. The van der Waals surface area contributed by atoms with Gasteiger partial charge in [-0.3, -0.25) is 0 Å². The monoisotopic (exact) mass is 346 g/mol. The van der Waals surface area contributed by atoms with Gasteiger partial charge in [0.05, 0.1) is 7.11 Å². The van der Waals surface area contributed by atoms with Crippen LogP contribution >= 0.6 is 15.9 Å². The number of hydrogen-bond donors (Lipinski definition) is 0. The summed E-state index contributed by atoms with van der Waals surface area (Å²) in [4.78, 5) is 4.08. The van der Waals surface area contributed by atoms with Crippen molar-refractivity contribution < 1.29 is 13.2 Å². The molecule has 0 N–H and O–H groups in total. The van der Waals surface area contributed by atoms with E-state index in [0.717, 1.165) is 12.0 Å². The van der Waals surface area contributed by atoms with E-state index in [0.29, 0.717) is 17.6 Å². The third-order valence-corrected chi connectivity index (χ3v) is 5.17. The average Bonchev–Trinajstić information content (AvgIpc) is 2.38. The minimum absolute atomic E-state index is 0.0964. The van der Waals surface area contributed by atoms with E-state index in [1.54, 1.807) is 0 Å². The standard InChI is InChI=1S/C12H15BrN2O3S/c1-9-4-3-5-15(8-9)19(16,17)11-6-10(13)7-14-12(11)18-2/h4,6-7H,3,5,8H2,1-2H3. The minimum atomic E-state index is -3.59. The van der Waals surface area contributed by atoms with Crippen LogP contribution in [-0.2, 0) is 10.0 Å². The molecule has 1 aromatic rings. The van der Waals surface area contributed by atoms with E-state index in [1.165, 1.54) is 23.7 Å². The second-order valence-electron chi connectivity index (χ2n) is 4.34. The minimum Gasteiger partial charge on any atom is -0.480 e. The molecule has 1 aliphatic heterocycles. The van der Waals surface area contributed by atoms with E-state index < -0.39 is 10.0 Å². The summed E-state index contributed by atoms with van der Waals surface area (Å²) in [6.07, 6.45) is 4.30. The number of halogens is 1. The first kappa shape index (κ1) is 14.5. The van der Waals surface area contributed by atoms with Gasteiger partial charge in [0.2, 0.25) is 15.9 Å². The van der Waals surface area contributed by atoms with E-state index in [1.807, 2.05) is 6.92 Å². The molecule has 0 saturated carbocycles. The van der Waals surface area contributed by atoms with Crippen molar-refractivity contribution in [1.82, 2.24) is 9.29 Å². The molecule has 7 heteroatoms. The Labute approximate surface area is 121 Å². The van der Waals surface area contributed by atoms with Crippen molar-refractivity contribution in [3.63, 3.8) is 0 Å². The Bertz CT molecular complexity index is 613. The number of sulfonamides is 1. The predicted molar refractivity (Wildman–Crippen MR) is 75.6 cm³/mol. The number of pyridine rings is 1. The van der Waals surface area contributed by atoms with Gasteiger partial charge in [0.25, 0.3) is 0 Å². The van der Waals surface area contributed by atoms with Gasteiger partial charge in [0.15, 0.2) is 0 Å². The molecule has 0 radical (unpaired) electrons. The molecule has 0 amide bonds. The Kier molecular flexibility index (Phi) is 4.27. The fraction of sp³-hybridized carbons (Fsp3) is 0.417. The van der Waals surface area contributed by atoms with Crippen LogP contribution in [0.3, 0.4) is 0 Å². The van der Waals surface area contributed by atoms with Crippen molar-refractivity contribution in [3.8, 4) is 5.88 Å². The zero-order valence-electron chi connectivity index (χ0n) is 10.8. The molecular weight excluding hydrogens is 332 g/mol. The molecule has 1 aromatic heterocycles. The Balaban J connectivity index is 2.45. The first-order chi connectivity index (χ1) is 8.95.